The maximum atomic E-state index is 13.9. The van der Waals surface area contributed by atoms with Crippen LogP contribution in [-0.2, 0) is 30.5 Å². The van der Waals surface area contributed by atoms with E-state index in [1.54, 1.807) is 30.3 Å². The summed E-state index contributed by atoms with van der Waals surface area (Å²) in [6.45, 7) is -3.65. The van der Waals surface area contributed by atoms with E-state index < -0.39 is 81.4 Å². The van der Waals surface area contributed by atoms with Crippen molar-refractivity contribution < 1.29 is 85.4 Å². The van der Waals surface area contributed by atoms with Gasteiger partial charge in [0.25, 0.3) is 11.7 Å². The van der Waals surface area contributed by atoms with E-state index in [0.29, 0.717) is 14.7 Å². The minimum absolute atomic E-state index is 0.120. The Morgan fingerprint density at radius 3 is 1.58 bits per heavy atom. The molecule has 0 aromatic heterocycles. The summed E-state index contributed by atoms with van der Waals surface area (Å²) < 4.78 is 190. The van der Waals surface area contributed by atoms with E-state index in [2.05, 4.69) is 9.47 Å². The lowest BCUT2D eigenvalue weighted by Gasteiger charge is -2.31. The maximum Gasteiger partial charge on any atom is 0.432 e. The van der Waals surface area contributed by atoms with Gasteiger partial charge in [0.1, 0.15) is 18.1 Å². The first-order valence-electron chi connectivity index (χ1n) is 12.6. The van der Waals surface area contributed by atoms with Crippen molar-refractivity contribution in [3.63, 3.8) is 0 Å². The van der Waals surface area contributed by atoms with Gasteiger partial charge in [0.2, 0.25) is 0 Å². The Morgan fingerprint density at radius 1 is 0.729 bits per heavy atom. The average Bonchev–Trinajstić information content (AvgIpc) is 2.97. The van der Waals surface area contributed by atoms with Gasteiger partial charge in [0.05, 0.1) is 10.9 Å². The van der Waals surface area contributed by atoms with Gasteiger partial charge < -0.3 is 23.9 Å². The molecule has 3 aromatic rings. The first-order chi connectivity index (χ1) is 21.9. The molecule has 1 N–H and O–H groups in total. The van der Waals surface area contributed by atoms with Crippen molar-refractivity contribution in [2.45, 2.75) is 50.2 Å². The third-order valence-corrected chi connectivity index (χ3v) is 9.14. The molecule has 0 bridgehead atoms. The molecule has 0 radical (unpaired) electrons. The molecular formula is C27H19F11O8S2. The molecule has 8 nitrogen and oxygen atoms in total. The highest BCUT2D eigenvalue weighted by Crippen LogP contribution is 2.43. The predicted octanol–water partition coefficient (Wildman–Crippen LogP) is 6.01. The molecule has 0 aliphatic heterocycles. The molecule has 3 aromatic carbocycles. The molecule has 0 saturated carbocycles. The lowest BCUT2D eigenvalue weighted by Crippen LogP contribution is -2.60. The summed E-state index contributed by atoms with van der Waals surface area (Å²) in [6, 6.07) is 17.5. The third-order valence-electron chi connectivity index (χ3n) is 6.02. The van der Waals surface area contributed by atoms with Gasteiger partial charge in [-0.1, -0.05) is 18.2 Å². The third kappa shape index (κ3) is 8.80. The maximum absolute atomic E-state index is 13.9. The number of halogens is 11. The molecule has 2 atom stereocenters. The van der Waals surface area contributed by atoms with Crippen molar-refractivity contribution >= 4 is 27.0 Å². The summed E-state index contributed by atoms with van der Waals surface area (Å²) in [5, 5.41) is 3.19. The number of carbonyl (C=O) groups is 1. The highest BCUT2D eigenvalue weighted by atomic mass is 32.2. The van der Waals surface area contributed by atoms with Crippen LogP contribution in [0.4, 0.5) is 48.3 Å². The Labute approximate surface area is 266 Å². The monoisotopic (exact) mass is 744 g/mol. The Hall–Kier alpha value is -3.82. The highest BCUT2D eigenvalue weighted by molar-refractivity contribution is 7.97. The molecule has 2 unspecified atom stereocenters. The fourth-order valence-electron chi connectivity index (χ4n) is 3.58. The van der Waals surface area contributed by atoms with Crippen LogP contribution in [0.5, 0.6) is 11.5 Å². The van der Waals surface area contributed by atoms with Gasteiger partial charge in [0.15, 0.2) is 31.4 Å². The lowest BCUT2D eigenvalue weighted by atomic mass is 10.0. The van der Waals surface area contributed by atoms with Crippen LogP contribution in [0.3, 0.4) is 0 Å². The summed E-state index contributed by atoms with van der Waals surface area (Å²) in [7, 11) is -7.88. The van der Waals surface area contributed by atoms with Crippen LogP contribution >= 0.6 is 0 Å². The zero-order chi connectivity index (χ0) is 36.3. The Kier molecular flexibility index (Phi) is 11.2. The van der Waals surface area contributed by atoms with Crippen LogP contribution in [0.2, 0.25) is 0 Å². The lowest BCUT2D eigenvalue weighted by molar-refractivity contribution is -0.375. The Bertz CT molecular complexity index is 1630. The first kappa shape index (κ1) is 38.6. The molecule has 0 spiro atoms. The number of carbonyl (C=O) groups excluding carboxylic acids is 1. The van der Waals surface area contributed by atoms with Crippen molar-refractivity contribution in [3.05, 3.63) is 78.9 Å². The van der Waals surface area contributed by atoms with Gasteiger partial charge in [-0.15, -0.1) is 0 Å². The average molecular weight is 745 g/mol. The summed E-state index contributed by atoms with van der Waals surface area (Å²) in [5.74, 6) is -2.67. The van der Waals surface area contributed by atoms with Gasteiger partial charge in [0, 0.05) is 0 Å². The van der Waals surface area contributed by atoms with Gasteiger partial charge in [-0.3, -0.25) is 0 Å². The molecule has 0 saturated heterocycles. The fourth-order valence-corrected chi connectivity index (χ4v) is 6.08. The molecule has 0 heterocycles. The number of ether oxygens (including phenoxy) is 3. The van der Waals surface area contributed by atoms with E-state index in [1.807, 2.05) is 0 Å². The minimum Gasteiger partial charge on any atom is -0.743 e. The topological polar surface area (TPSA) is 122 Å². The number of alkyl halides is 11. The van der Waals surface area contributed by atoms with Gasteiger partial charge in [-0.05, 0) is 60.7 Å². The quantitative estimate of drug-likeness (QED) is 0.104. The van der Waals surface area contributed by atoms with Crippen LogP contribution in [-0.4, -0.2) is 72.7 Å². The molecule has 0 fully saturated rings. The molecule has 0 amide bonds. The number of aliphatic hydroxyl groups is 1. The fraction of sp³-hybridized carbons (Fsp3) is 0.296. The van der Waals surface area contributed by atoms with Gasteiger partial charge in [-0.25, -0.2) is 13.2 Å². The summed E-state index contributed by atoms with van der Waals surface area (Å²) >= 11 is 0. The number of hydrogen-bond acceptors (Lipinski definition) is 8. The second-order valence-corrected chi connectivity index (χ2v) is 12.9. The summed E-state index contributed by atoms with van der Waals surface area (Å²) in [6.07, 6.45) is -22.7. The van der Waals surface area contributed by atoms with Crippen molar-refractivity contribution in [2.75, 3.05) is 13.2 Å². The molecule has 21 heteroatoms. The molecule has 3 rings (SSSR count). The zero-order valence-electron chi connectivity index (χ0n) is 23.3. The van der Waals surface area contributed by atoms with Crippen LogP contribution in [0.1, 0.15) is 0 Å². The Morgan fingerprint density at radius 2 is 1.17 bits per heavy atom. The first-order valence-corrected chi connectivity index (χ1v) is 15.2. The van der Waals surface area contributed by atoms with Crippen molar-refractivity contribution in [1.29, 1.82) is 0 Å². The van der Waals surface area contributed by atoms with E-state index in [0.717, 1.165) is 12.1 Å². The number of rotatable bonds is 12. The summed E-state index contributed by atoms with van der Waals surface area (Å²) in [5.41, 5.74) is -5.32. The van der Waals surface area contributed by atoms with Crippen molar-refractivity contribution in [3.8, 4) is 11.5 Å². The van der Waals surface area contributed by atoms with Crippen LogP contribution in [0.15, 0.2) is 93.5 Å². The minimum atomic E-state index is -6.79. The zero-order valence-corrected chi connectivity index (χ0v) is 24.9. The normalized spacial score (nSPS) is 14.6. The molecule has 264 valence electrons. The highest BCUT2D eigenvalue weighted by Gasteiger charge is 2.71. The van der Waals surface area contributed by atoms with Crippen molar-refractivity contribution in [1.82, 2.24) is 0 Å². The molecular weight excluding hydrogens is 725 g/mol. The second kappa shape index (κ2) is 14.0. The van der Waals surface area contributed by atoms with Gasteiger partial charge >= 0.3 is 29.8 Å². The summed E-state index contributed by atoms with van der Waals surface area (Å²) in [4.78, 5) is 13.2. The number of hydrogen-bond donors (Lipinski definition) is 1. The Balaban J connectivity index is 1.80. The number of benzene rings is 3. The van der Waals surface area contributed by atoms with Crippen LogP contribution in [0.25, 0.3) is 0 Å². The van der Waals surface area contributed by atoms with E-state index in [9.17, 15) is 66.1 Å². The van der Waals surface area contributed by atoms with Crippen LogP contribution < -0.4 is 9.47 Å². The van der Waals surface area contributed by atoms with Crippen molar-refractivity contribution in [2.24, 2.45) is 0 Å². The van der Waals surface area contributed by atoms with E-state index >= 15 is 0 Å². The molecule has 48 heavy (non-hydrogen) atoms. The molecule has 0 aliphatic rings. The predicted molar refractivity (Wildman–Crippen MR) is 140 cm³/mol. The standard InChI is InChI=1S/C27H19F11O8S2/c28-24(29,30)22(25(31,32)48(41,42)43)46-17-8-12-20(13-9-17)47(18-4-2-1-3-5-18)19-10-6-16(7-11-19)44-14-21(39)45-15-23(40,26(33,34)35)27(36,37)38/h1-13,22,40H,14-15H2. The largest absolute Gasteiger partial charge is 0.743 e. The smallest absolute Gasteiger partial charge is 0.432 e. The van der Waals surface area contributed by atoms with E-state index in [4.69, 9.17) is 9.84 Å². The van der Waals surface area contributed by atoms with Crippen LogP contribution in [0, 0.1) is 0 Å². The SMILES string of the molecule is O=C(COc1ccc([S+](c2ccccc2)c2ccc(OC(C(F)(F)F)C(F)(F)S(=O)(=O)[O-])cc2)cc1)OCC(O)(C(F)(F)F)C(F)(F)F. The van der Waals surface area contributed by atoms with E-state index in [-0.39, 0.29) is 5.75 Å². The number of esters is 1. The van der Waals surface area contributed by atoms with E-state index in [1.165, 1.54) is 36.4 Å². The van der Waals surface area contributed by atoms with Gasteiger partial charge in [-0.2, -0.15) is 48.3 Å². The molecule has 0 aliphatic carbocycles. The second-order valence-electron chi connectivity index (χ2n) is 9.42.